The molecule has 1 amide bonds. The minimum Gasteiger partial charge on any atom is -0.507 e. The van der Waals surface area contributed by atoms with Crippen LogP contribution in [0, 0.1) is 5.82 Å². The molecule has 0 heterocycles. The van der Waals surface area contributed by atoms with Crippen molar-refractivity contribution >= 4 is 5.91 Å². The van der Waals surface area contributed by atoms with E-state index in [9.17, 15) is 19.4 Å². The molecule has 0 saturated heterocycles. The predicted molar refractivity (Wildman–Crippen MR) is 76.4 cm³/mol. The molecule has 0 spiro atoms. The SMILES string of the molecule is CC(CO)(NC(=O)c1c(O)cccc1F)c1ccccc1. The van der Waals surface area contributed by atoms with Crippen LogP contribution in [0.25, 0.3) is 0 Å². The van der Waals surface area contributed by atoms with E-state index >= 15 is 0 Å². The Morgan fingerprint density at radius 1 is 1.19 bits per heavy atom. The number of amides is 1. The van der Waals surface area contributed by atoms with Crippen molar-refractivity contribution < 1.29 is 19.4 Å². The smallest absolute Gasteiger partial charge is 0.258 e. The van der Waals surface area contributed by atoms with Crippen LogP contribution in [0.15, 0.2) is 48.5 Å². The minimum atomic E-state index is -1.08. The highest BCUT2D eigenvalue weighted by molar-refractivity contribution is 5.97. The third-order valence-corrected chi connectivity index (χ3v) is 3.34. The highest BCUT2D eigenvalue weighted by atomic mass is 19.1. The van der Waals surface area contributed by atoms with Crippen LogP contribution < -0.4 is 5.32 Å². The molecule has 0 aliphatic heterocycles. The quantitative estimate of drug-likeness (QED) is 0.808. The molecule has 1 unspecified atom stereocenters. The van der Waals surface area contributed by atoms with E-state index in [1.807, 2.05) is 6.07 Å². The van der Waals surface area contributed by atoms with Gasteiger partial charge in [-0.1, -0.05) is 36.4 Å². The Labute approximate surface area is 121 Å². The molecule has 0 bridgehead atoms. The number of nitrogens with one attached hydrogen (secondary N) is 1. The van der Waals surface area contributed by atoms with Crippen LogP contribution in [-0.2, 0) is 5.54 Å². The summed E-state index contributed by atoms with van der Waals surface area (Å²) in [6.45, 7) is 1.26. The molecular weight excluding hydrogens is 273 g/mol. The molecule has 4 nitrogen and oxygen atoms in total. The van der Waals surface area contributed by atoms with Crippen molar-refractivity contribution in [3.63, 3.8) is 0 Å². The van der Waals surface area contributed by atoms with Gasteiger partial charge in [0.2, 0.25) is 0 Å². The van der Waals surface area contributed by atoms with Gasteiger partial charge in [0.05, 0.1) is 12.1 Å². The summed E-state index contributed by atoms with van der Waals surface area (Å²) in [7, 11) is 0. The second-order valence-electron chi connectivity index (χ2n) is 4.94. The molecule has 110 valence electrons. The largest absolute Gasteiger partial charge is 0.507 e. The Morgan fingerprint density at radius 3 is 2.43 bits per heavy atom. The first-order valence-electron chi connectivity index (χ1n) is 6.44. The maximum absolute atomic E-state index is 13.7. The van der Waals surface area contributed by atoms with Gasteiger partial charge in [0.25, 0.3) is 5.91 Å². The van der Waals surface area contributed by atoms with Crippen molar-refractivity contribution in [2.75, 3.05) is 6.61 Å². The number of rotatable bonds is 4. The third-order valence-electron chi connectivity index (χ3n) is 3.34. The summed E-state index contributed by atoms with van der Waals surface area (Å²) in [5.41, 5.74) is -0.836. The average Bonchev–Trinajstić information content (AvgIpc) is 2.48. The second kappa shape index (κ2) is 5.93. The first kappa shape index (κ1) is 15.0. The normalized spacial score (nSPS) is 13.5. The molecule has 21 heavy (non-hydrogen) atoms. The number of benzene rings is 2. The van der Waals surface area contributed by atoms with E-state index < -0.39 is 28.6 Å². The molecule has 0 saturated carbocycles. The Bertz CT molecular complexity index is 625. The summed E-state index contributed by atoms with van der Waals surface area (Å²) in [6, 6.07) is 12.5. The minimum absolute atomic E-state index is 0.363. The summed E-state index contributed by atoms with van der Waals surface area (Å²) in [6.07, 6.45) is 0. The lowest BCUT2D eigenvalue weighted by atomic mass is 9.92. The number of halogens is 1. The summed E-state index contributed by atoms with van der Waals surface area (Å²) in [4.78, 5) is 12.2. The molecule has 5 heteroatoms. The number of hydrogen-bond donors (Lipinski definition) is 3. The highest BCUT2D eigenvalue weighted by Crippen LogP contribution is 2.24. The first-order valence-corrected chi connectivity index (χ1v) is 6.44. The molecule has 1 atom stereocenters. The van der Waals surface area contributed by atoms with Crippen molar-refractivity contribution in [1.82, 2.24) is 5.32 Å². The Morgan fingerprint density at radius 2 is 1.86 bits per heavy atom. The van der Waals surface area contributed by atoms with E-state index in [-0.39, 0.29) is 6.61 Å². The van der Waals surface area contributed by atoms with Crippen LogP contribution in [-0.4, -0.2) is 22.7 Å². The van der Waals surface area contributed by atoms with Gasteiger partial charge in [0, 0.05) is 0 Å². The highest BCUT2D eigenvalue weighted by Gasteiger charge is 2.30. The summed E-state index contributed by atoms with van der Waals surface area (Å²) in [5, 5.41) is 21.8. The maximum atomic E-state index is 13.7. The Hall–Kier alpha value is -2.40. The van der Waals surface area contributed by atoms with Gasteiger partial charge in [0.1, 0.15) is 17.1 Å². The Kier molecular flexibility index (Phi) is 4.23. The molecular formula is C16H16FNO3. The fraction of sp³-hybridized carbons (Fsp3) is 0.188. The molecule has 0 aromatic heterocycles. The fourth-order valence-electron chi connectivity index (χ4n) is 2.06. The third kappa shape index (κ3) is 3.03. The number of phenols is 1. The zero-order chi connectivity index (χ0) is 15.5. The fourth-order valence-corrected chi connectivity index (χ4v) is 2.06. The van der Waals surface area contributed by atoms with Gasteiger partial charge in [0.15, 0.2) is 0 Å². The van der Waals surface area contributed by atoms with Gasteiger partial charge in [-0.25, -0.2) is 4.39 Å². The summed E-state index contributed by atoms with van der Waals surface area (Å²) in [5.74, 6) is -2.05. The van der Waals surface area contributed by atoms with E-state index in [1.54, 1.807) is 31.2 Å². The van der Waals surface area contributed by atoms with Crippen molar-refractivity contribution in [2.45, 2.75) is 12.5 Å². The summed E-state index contributed by atoms with van der Waals surface area (Å²) < 4.78 is 13.7. The summed E-state index contributed by atoms with van der Waals surface area (Å²) >= 11 is 0. The van der Waals surface area contributed by atoms with E-state index in [0.29, 0.717) is 5.56 Å². The van der Waals surface area contributed by atoms with Crippen LogP contribution in [0.1, 0.15) is 22.8 Å². The van der Waals surface area contributed by atoms with E-state index in [1.165, 1.54) is 12.1 Å². The van der Waals surface area contributed by atoms with Gasteiger partial charge in [-0.15, -0.1) is 0 Å². The van der Waals surface area contributed by atoms with E-state index in [2.05, 4.69) is 5.32 Å². The van der Waals surface area contributed by atoms with Crippen molar-refractivity contribution in [3.8, 4) is 5.75 Å². The molecule has 0 aliphatic carbocycles. The van der Waals surface area contributed by atoms with Crippen LogP contribution in [0.3, 0.4) is 0 Å². The van der Waals surface area contributed by atoms with Gasteiger partial charge in [-0.2, -0.15) is 0 Å². The number of aliphatic hydroxyl groups is 1. The van der Waals surface area contributed by atoms with Crippen molar-refractivity contribution in [2.24, 2.45) is 0 Å². The maximum Gasteiger partial charge on any atom is 0.258 e. The van der Waals surface area contributed by atoms with Crippen molar-refractivity contribution in [3.05, 3.63) is 65.5 Å². The van der Waals surface area contributed by atoms with Crippen LogP contribution in [0.4, 0.5) is 4.39 Å². The lowest BCUT2D eigenvalue weighted by Crippen LogP contribution is -2.46. The van der Waals surface area contributed by atoms with Gasteiger partial charge in [-0.05, 0) is 24.6 Å². The zero-order valence-electron chi connectivity index (χ0n) is 11.5. The lowest BCUT2D eigenvalue weighted by Gasteiger charge is -2.29. The van der Waals surface area contributed by atoms with Gasteiger partial charge >= 0.3 is 0 Å². The monoisotopic (exact) mass is 289 g/mol. The van der Waals surface area contributed by atoms with Crippen molar-refractivity contribution in [1.29, 1.82) is 0 Å². The lowest BCUT2D eigenvalue weighted by molar-refractivity contribution is 0.0842. The molecule has 2 aromatic carbocycles. The predicted octanol–water partition coefficient (Wildman–Crippen LogP) is 2.17. The molecule has 0 aliphatic rings. The number of aromatic hydroxyl groups is 1. The van der Waals surface area contributed by atoms with Crippen LogP contribution >= 0.6 is 0 Å². The molecule has 2 aromatic rings. The van der Waals surface area contributed by atoms with E-state index in [0.717, 1.165) is 6.07 Å². The Balaban J connectivity index is 2.33. The van der Waals surface area contributed by atoms with Crippen LogP contribution in [0.2, 0.25) is 0 Å². The molecule has 0 fully saturated rings. The number of phenolic OH excluding ortho intramolecular Hbond substituents is 1. The van der Waals surface area contributed by atoms with Crippen LogP contribution in [0.5, 0.6) is 5.75 Å². The number of hydrogen-bond acceptors (Lipinski definition) is 3. The van der Waals surface area contributed by atoms with Gasteiger partial charge in [-0.3, -0.25) is 4.79 Å². The number of aliphatic hydroxyl groups excluding tert-OH is 1. The number of carbonyl (C=O) groups excluding carboxylic acids is 1. The van der Waals surface area contributed by atoms with Gasteiger partial charge < -0.3 is 15.5 Å². The molecule has 2 rings (SSSR count). The first-order chi connectivity index (χ1) is 9.98. The topological polar surface area (TPSA) is 69.6 Å². The number of carbonyl (C=O) groups is 1. The zero-order valence-corrected chi connectivity index (χ0v) is 11.5. The van der Waals surface area contributed by atoms with E-state index in [4.69, 9.17) is 0 Å². The second-order valence-corrected chi connectivity index (χ2v) is 4.94. The standard InChI is InChI=1S/C16H16FNO3/c1-16(10-19,11-6-3-2-4-7-11)18-15(21)14-12(17)8-5-9-13(14)20/h2-9,19-20H,10H2,1H3,(H,18,21). The molecule has 3 N–H and O–H groups in total. The molecule has 0 radical (unpaired) electrons. The average molecular weight is 289 g/mol.